The van der Waals surface area contributed by atoms with E-state index < -0.39 is 11.6 Å². The van der Waals surface area contributed by atoms with E-state index >= 15 is 0 Å². The van der Waals surface area contributed by atoms with E-state index in [2.05, 4.69) is 15.5 Å². The topological polar surface area (TPSA) is 95.5 Å². The van der Waals surface area contributed by atoms with Gasteiger partial charge in [0.2, 0.25) is 16.7 Å². The van der Waals surface area contributed by atoms with Crippen LogP contribution in [0.25, 0.3) is 0 Å². The van der Waals surface area contributed by atoms with Crippen molar-refractivity contribution in [1.82, 2.24) is 15.1 Å². The summed E-state index contributed by atoms with van der Waals surface area (Å²) in [5, 5.41) is 11.7. The molecule has 1 saturated heterocycles. The second-order valence-corrected chi connectivity index (χ2v) is 8.63. The number of fused-ring (bicyclic) bond motifs is 3. The molecule has 2 aliphatic rings. The summed E-state index contributed by atoms with van der Waals surface area (Å²) in [6.07, 6.45) is 0.432. The van der Waals surface area contributed by atoms with Crippen LogP contribution >= 0.6 is 11.3 Å². The summed E-state index contributed by atoms with van der Waals surface area (Å²) in [5.41, 5.74) is -0.473. The lowest BCUT2D eigenvalue weighted by atomic mass is 9.94. The molecule has 0 saturated carbocycles. The minimum absolute atomic E-state index is 0.125. The second kappa shape index (κ2) is 6.66. The highest BCUT2D eigenvalue weighted by Crippen LogP contribution is 2.45. The maximum Gasteiger partial charge on any atom is 0.273 e. The van der Waals surface area contributed by atoms with Crippen molar-refractivity contribution in [2.45, 2.75) is 39.3 Å². The number of para-hydroxylation sites is 1. The molecule has 3 amide bonds. The van der Waals surface area contributed by atoms with Crippen LogP contribution < -0.4 is 10.2 Å². The number of amides is 3. The molecule has 28 heavy (non-hydrogen) atoms. The molecule has 0 unspecified atom stereocenters. The third-order valence-electron chi connectivity index (χ3n) is 5.03. The molecule has 1 aromatic heterocycles. The first kappa shape index (κ1) is 18.5. The first-order valence-electron chi connectivity index (χ1n) is 9.20. The summed E-state index contributed by atoms with van der Waals surface area (Å²) in [5.74, 6) is -0.714. The monoisotopic (exact) mass is 399 g/mol. The Bertz CT molecular complexity index is 972. The lowest BCUT2D eigenvalue weighted by Gasteiger charge is -2.49. The molecule has 1 aromatic carbocycles. The number of hydrogen-bond donors (Lipinski definition) is 1. The van der Waals surface area contributed by atoms with Crippen LogP contribution in [-0.4, -0.2) is 45.0 Å². The first-order chi connectivity index (χ1) is 13.3. The summed E-state index contributed by atoms with van der Waals surface area (Å²) in [7, 11) is 0. The van der Waals surface area contributed by atoms with Gasteiger partial charge in [0.15, 0.2) is 0 Å². The van der Waals surface area contributed by atoms with E-state index in [0.717, 1.165) is 5.01 Å². The molecule has 0 bridgehead atoms. The van der Waals surface area contributed by atoms with Crippen molar-refractivity contribution in [1.29, 1.82) is 0 Å². The number of carbonyl (C=O) groups is 3. The second-order valence-electron chi connectivity index (χ2n) is 7.45. The molecule has 0 aliphatic carbocycles. The highest BCUT2D eigenvalue weighted by atomic mass is 32.1. The average Bonchev–Trinajstić information content (AvgIpc) is 3.22. The molecule has 1 atom stereocenters. The smallest absolute Gasteiger partial charge is 0.273 e. The molecule has 2 aromatic rings. The van der Waals surface area contributed by atoms with Gasteiger partial charge in [-0.3, -0.25) is 24.6 Å². The third kappa shape index (κ3) is 2.69. The van der Waals surface area contributed by atoms with Crippen molar-refractivity contribution in [2.75, 3.05) is 16.8 Å². The van der Waals surface area contributed by atoms with Gasteiger partial charge < -0.3 is 4.90 Å². The van der Waals surface area contributed by atoms with Crippen LogP contribution in [-0.2, 0) is 9.59 Å². The van der Waals surface area contributed by atoms with Crippen molar-refractivity contribution < 1.29 is 14.4 Å². The SMILES string of the molecule is Cc1nnc(NC(=O)[C@@]23CCC(=O)N2c2ccccc2C(=O)N3CC(C)C)s1. The Labute approximate surface area is 166 Å². The van der Waals surface area contributed by atoms with Crippen molar-refractivity contribution >= 4 is 39.9 Å². The van der Waals surface area contributed by atoms with Gasteiger partial charge in [0.25, 0.3) is 11.8 Å². The summed E-state index contributed by atoms with van der Waals surface area (Å²) >= 11 is 1.25. The quantitative estimate of drug-likeness (QED) is 0.852. The Morgan fingerprint density at radius 3 is 2.71 bits per heavy atom. The Morgan fingerprint density at radius 1 is 1.29 bits per heavy atom. The number of aryl methyl sites for hydroxylation is 1. The minimum atomic E-state index is -1.40. The van der Waals surface area contributed by atoms with Crippen LogP contribution in [0.2, 0.25) is 0 Å². The summed E-state index contributed by atoms with van der Waals surface area (Å²) < 4.78 is 0. The predicted octanol–water partition coefficient (Wildman–Crippen LogP) is 2.42. The summed E-state index contributed by atoms with van der Waals surface area (Å²) in [6, 6.07) is 6.96. The number of nitrogens with zero attached hydrogens (tertiary/aromatic N) is 4. The van der Waals surface area contributed by atoms with Gasteiger partial charge in [-0.15, -0.1) is 10.2 Å². The molecule has 146 valence electrons. The lowest BCUT2D eigenvalue weighted by Crippen LogP contribution is -2.69. The fourth-order valence-electron chi connectivity index (χ4n) is 3.94. The van der Waals surface area contributed by atoms with Gasteiger partial charge in [-0.25, -0.2) is 0 Å². The van der Waals surface area contributed by atoms with Crippen LogP contribution in [0.4, 0.5) is 10.8 Å². The van der Waals surface area contributed by atoms with Gasteiger partial charge in [0.05, 0.1) is 11.3 Å². The van der Waals surface area contributed by atoms with E-state index in [4.69, 9.17) is 0 Å². The zero-order valence-corrected chi connectivity index (χ0v) is 16.7. The Kier molecular flexibility index (Phi) is 4.41. The van der Waals surface area contributed by atoms with Gasteiger partial charge in [-0.1, -0.05) is 37.3 Å². The molecule has 9 heteroatoms. The van der Waals surface area contributed by atoms with E-state index in [1.54, 1.807) is 36.1 Å². The third-order valence-corrected chi connectivity index (χ3v) is 5.79. The molecule has 8 nitrogen and oxygen atoms in total. The van der Waals surface area contributed by atoms with Gasteiger partial charge >= 0.3 is 0 Å². The van der Waals surface area contributed by atoms with Crippen LogP contribution in [0.1, 0.15) is 42.1 Å². The van der Waals surface area contributed by atoms with Crippen molar-refractivity contribution in [3.05, 3.63) is 34.8 Å². The maximum atomic E-state index is 13.5. The van der Waals surface area contributed by atoms with Crippen LogP contribution in [0.3, 0.4) is 0 Å². The fraction of sp³-hybridized carbons (Fsp3) is 0.421. The number of carbonyl (C=O) groups excluding carboxylic acids is 3. The predicted molar refractivity (Wildman–Crippen MR) is 105 cm³/mol. The molecule has 2 aliphatic heterocycles. The molecule has 0 spiro atoms. The number of benzene rings is 1. The molecule has 1 fully saturated rings. The van der Waals surface area contributed by atoms with Gasteiger partial charge in [-0.05, 0) is 25.0 Å². The molecule has 4 rings (SSSR count). The highest BCUT2D eigenvalue weighted by Gasteiger charge is 2.60. The van der Waals surface area contributed by atoms with Crippen LogP contribution in [0.5, 0.6) is 0 Å². The highest BCUT2D eigenvalue weighted by molar-refractivity contribution is 7.15. The van der Waals surface area contributed by atoms with Crippen molar-refractivity contribution in [3.63, 3.8) is 0 Å². The summed E-state index contributed by atoms with van der Waals surface area (Å²) in [6.45, 7) is 6.12. The summed E-state index contributed by atoms with van der Waals surface area (Å²) in [4.78, 5) is 42.8. The Balaban J connectivity index is 1.85. The number of rotatable bonds is 4. The average molecular weight is 399 g/mol. The molecule has 0 radical (unpaired) electrons. The number of nitrogens with one attached hydrogen (secondary N) is 1. The van der Waals surface area contributed by atoms with E-state index in [0.29, 0.717) is 22.9 Å². The van der Waals surface area contributed by atoms with Gasteiger partial charge in [0.1, 0.15) is 5.01 Å². The minimum Gasteiger partial charge on any atom is -0.307 e. The standard InChI is InChI=1S/C19H21N5O3S/c1-11(2)10-23-16(26)13-6-4-5-7-14(13)24-15(25)8-9-19(23,24)17(27)20-18-22-21-12(3)28-18/h4-7,11H,8-10H2,1-3H3,(H,20,22,27)/t19-/m1/s1. The number of hydrogen-bond acceptors (Lipinski definition) is 6. The molecular formula is C19H21N5O3S. The van der Waals surface area contributed by atoms with E-state index in [9.17, 15) is 14.4 Å². The molecular weight excluding hydrogens is 378 g/mol. The molecule has 3 heterocycles. The maximum absolute atomic E-state index is 13.5. The van der Waals surface area contributed by atoms with E-state index in [1.165, 1.54) is 16.2 Å². The van der Waals surface area contributed by atoms with Crippen molar-refractivity contribution in [3.8, 4) is 0 Å². The van der Waals surface area contributed by atoms with Gasteiger partial charge in [0, 0.05) is 19.4 Å². The lowest BCUT2D eigenvalue weighted by molar-refractivity contribution is -0.129. The van der Waals surface area contributed by atoms with E-state index in [-0.39, 0.29) is 30.6 Å². The normalized spacial score (nSPS) is 21.1. The fourth-order valence-corrected chi connectivity index (χ4v) is 4.53. The van der Waals surface area contributed by atoms with Crippen LogP contribution in [0.15, 0.2) is 24.3 Å². The van der Waals surface area contributed by atoms with Crippen molar-refractivity contribution in [2.24, 2.45) is 5.92 Å². The Morgan fingerprint density at radius 2 is 2.04 bits per heavy atom. The zero-order valence-electron chi connectivity index (χ0n) is 15.9. The largest absolute Gasteiger partial charge is 0.307 e. The van der Waals surface area contributed by atoms with E-state index in [1.807, 2.05) is 13.8 Å². The molecule has 1 N–H and O–H groups in total. The van der Waals surface area contributed by atoms with Gasteiger partial charge in [-0.2, -0.15) is 0 Å². The Hall–Kier alpha value is -2.81. The number of anilines is 2. The van der Waals surface area contributed by atoms with Crippen LogP contribution in [0, 0.1) is 12.8 Å². The number of aromatic nitrogens is 2. The zero-order chi connectivity index (χ0) is 20.1. The first-order valence-corrected chi connectivity index (χ1v) is 10.0.